The summed E-state index contributed by atoms with van der Waals surface area (Å²) in [5, 5.41) is 2.92. The average Bonchev–Trinajstić information content (AvgIpc) is 3.24. The van der Waals surface area contributed by atoms with Crippen molar-refractivity contribution in [1.82, 2.24) is 19.8 Å². The second-order valence-electron chi connectivity index (χ2n) is 6.54. The first-order valence-corrected chi connectivity index (χ1v) is 9.17. The van der Waals surface area contributed by atoms with E-state index in [1.807, 2.05) is 40.7 Å². The lowest BCUT2D eigenvalue weighted by atomic mass is 10.3. The van der Waals surface area contributed by atoms with Crippen LogP contribution in [-0.4, -0.2) is 45.9 Å². The van der Waals surface area contributed by atoms with Gasteiger partial charge in [0.2, 0.25) is 11.8 Å². The van der Waals surface area contributed by atoms with Gasteiger partial charge in [-0.2, -0.15) is 0 Å². The topological polar surface area (TPSA) is 67.2 Å². The number of aromatic nitrogens is 2. The number of amides is 2. The number of rotatable bonds is 7. The molecule has 1 aliphatic heterocycles. The van der Waals surface area contributed by atoms with E-state index in [0.717, 1.165) is 49.2 Å². The Morgan fingerprint density at radius 3 is 2.72 bits per heavy atom. The lowest BCUT2D eigenvalue weighted by molar-refractivity contribution is -0.130. The molecule has 0 bridgehead atoms. The van der Waals surface area contributed by atoms with E-state index in [9.17, 15) is 9.59 Å². The summed E-state index contributed by atoms with van der Waals surface area (Å²) >= 11 is 0. The van der Waals surface area contributed by atoms with Crippen LogP contribution < -0.4 is 5.32 Å². The van der Waals surface area contributed by atoms with E-state index in [2.05, 4.69) is 10.3 Å². The van der Waals surface area contributed by atoms with Gasteiger partial charge in [-0.15, -0.1) is 0 Å². The summed E-state index contributed by atoms with van der Waals surface area (Å²) in [4.78, 5) is 30.8. The van der Waals surface area contributed by atoms with E-state index in [4.69, 9.17) is 0 Å². The zero-order valence-electron chi connectivity index (χ0n) is 14.8. The standard InChI is InChI=1S/C19H26N4O2/c1-2-7-18(24)20-11-10-17-21-15-8-3-4-9-16(15)23(17)14-19(25)22-12-5-6-13-22/h3-4,8-9H,2,5-7,10-14H2,1H3,(H,20,24). The Morgan fingerprint density at radius 1 is 1.20 bits per heavy atom. The van der Waals surface area contributed by atoms with E-state index < -0.39 is 0 Å². The van der Waals surface area contributed by atoms with Crippen molar-refractivity contribution < 1.29 is 9.59 Å². The fourth-order valence-corrected chi connectivity index (χ4v) is 3.32. The Bertz CT molecular complexity index is 747. The quantitative estimate of drug-likeness (QED) is 0.838. The predicted octanol–water partition coefficient (Wildman–Crippen LogP) is 2.12. The summed E-state index contributed by atoms with van der Waals surface area (Å²) in [6.07, 6.45) is 4.19. The number of para-hydroxylation sites is 2. The minimum Gasteiger partial charge on any atom is -0.356 e. The fraction of sp³-hybridized carbons (Fsp3) is 0.526. The highest BCUT2D eigenvalue weighted by Crippen LogP contribution is 2.18. The third-order valence-electron chi connectivity index (χ3n) is 4.63. The molecule has 0 atom stereocenters. The highest BCUT2D eigenvalue weighted by Gasteiger charge is 2.20. The summed E-state index contributed by atoms with van der Waals surface area (Å²) < 4.78 is 2.00. The summed E-state index contributed by atoms with van der Waals surface area (Å²) in [5.41, 5.74) is 1.87. The van der Waals surface area contributed by atoms with Crippen molar-refractivity contribution in [2.75, 3.05) is 19.6 Å². The maximum Gasteiger partial charge on any atom is 0.242 e. The fourth-order valence-electron chi connectivity index (χ4n) is 3.32. The first kappa shape index (κ1) is 17.5. The first-order chi connectivity index (χ1) is 12.2. The third kappa shape index (κ3) is 4.18. The van der Waals surface area contributed by atoms with Crippen molar-refractivity contribution in [2.45, 2.75) is 45.6 Å². The lowest BCUT2D eigenvalue weighted by Gasteiger charge is -2.17. The summed E-state index contributed by atoms with van der Waals surface area (Å²) in [6.45, 7) is 4.56. The molecule has 6 nitrogen and oxygen atoms in total. The number of imidazole rings is 1. The molecule has 1 N–H and O–H groups in total. The number of likely N-dealkylation sites (tertiary alicyclic amines) is 1. The van der Waals surface area contributed by atoms with Crippen molar-refractivity contribution in [3.05, 3.63) is 30.1 Å². The molecule has 25 heavy (non-hydrogen) atoms. The van der Waals surface area contributed by atoms with E-state index in [0.29, 0.717) is 25.9 Å². The molecule has 1 aliphatic rings. The van der Waals surface area contributed by atoms with Gasteiger partial charge in [0, 0.05) is 32.5 Å². The largest absolute Gasteiger partial charge is 0.356 e. The highest BCUT2D eigenvalue weighted by molar-refractivity contribution is 5.81. The van der Waals surface area contributed by atoms with Crippen molar-refractivity contribution in [3.8, 4) is 0 Å². The molecule has 1 aromatic heterocycles. The van der Waals surface area contributed by atoms with E-state index in [-0.39, 0.29) is 11.8 Å². The van der Waals surface area contributed by atoms with Crippen LogP contribution in [0.2, 0.25) is 0 Å². The van der Waals surface area contributed by atoms with Crippen LogP contribution >= 0.6 is 0 Å². The maximum absolute atomic E-state index is 12.6. The van der Waals surface area contributed by atoms with E-state index in [1.165, 1.54) is 0 Å². The van der Waals surface area contributed by atoms with Crippen LogP contribution in [0.5, 0.6) is 0 Å². The van der Waals surface area contributed by atoms with Gasteiger partial charge in [-0.1, -0.05) is 19.1 Å². The van der Waals surface area contributed by atoms with Gasteiger partial charge in [-0.25, -0.2) is 4.98 Å². The summed E-state index contributed by atoms with van der Waals surface area (Å²) in [5.74, 6) is 1.07. The molecule has 2 amide bonds. The second-order valence-corrected chi connectivity index (χ2v) is 6.54. The van der Waals surface area contributed by atoms with Crippen molar-refractivity contribution in [1.29, 1.82) is 0 Å². The number of benzene rings is 1. The monoisotopic (exact) mass is 342 g/mol. The van der Waals surface area contributed by atoms with Gasteiger partial charge in [0.15, 0.2) is 0 Å². The predicted molar refractivity (Wildman–Crippen MR) is 97.2 cm³/mol. The molecule has 134 valence electrons. The van der Waals surface area contributed by atoms with Gasteiger partial charge < -0.3 is 14.8 Å². The summed E-state index contributed by atoms with van der Waals surface area (Å²) in [7, 11) is 0. The SMILES string of the molecule is CCCC(=O)NCCc1nc2ccccc2n1CC(=O)N1CCCC1. The molecule has 3 rings (SSSR count). The van der Waals surface area contributed by atoms with Gasteiger partial charge in [-0.3, -0.25) is 9.59 Å². The van der Waals surface area contributed by atoms with Crippen molar-refractivity contribution in [2.24, 2.45) is 0 Å². The molecule has 6 heteroatoms. The maximum atomic E-state index is 12.6. The van der Waals surface area contributed by atoms with Gasteiger partial charge in [-0.05, 0) is 31.4 Å². The van der Waals surface area contributed by atoms with Gasteiger partial charge in [0.05, 0.1) is 11.0 Å². The number of carbonyl (C=O) groups excluding carboxylic acids is 2. The van der Waals surface area contributed by atoms with Crippen LogP contribution in [0.15, 0.2) is 24.3 Å². The molecule has 0 aliphatic carbocycles. The Morgan fingerprint density at radius 2 is 1.96 bits per heavy atom. The number of nitrogens with zero attached hydrogens (tertiary/aromatic N) is 3. The number of fused-ring (bicyclic) bond motifs is 1. The Balaban J connectivity index is 1.74. The van der Waals surface area contributed by atoms with Crippen LogP contribution in [-0.2, 0) is 22.6 Å². The number of hydrogen-bond acceptors (Lipinski definition) is 3. The minimum atomic E-state index is 0.0679. The normalized spacial score (nSPS) is 14.2. The molecule has 0 unspecified atom stereocenters. The van der Waals surface area contributed by atoms with Crippen LogP contribution in [0.3, 0.4) is 0 Å². The number of carbonyl (C=O) groups is 2. The molecule has 0 radical (unpaired) electrons. The van der Waals surface area contributed by atoms with E-state index in [1.54, 1.807) is 0 Å². The molecule has 2 aromatic rings. The Kier molecular flexibility index (Phi) is 5.68. The van der Waals surface area contributed by atoms with Crippen LogP contribution in [0.4, 0.5) is 0 Å². The minimum absolute atomic E-state index is 0.0679. The molecule has 1 fully saturated rings. The molecular weight excluding hydrogens is 316 g/mol. The smallest absolute Gasteiger partial charge is 0.242 e. The van der Waals surface area contributed by atoms with Crippen molar-refractivity contribution in [3.63, 3.8) is 0 Å². The van der Waals surface area contributed by atoms with Gasteiger partial charge >= 0.3 is 0 Å². The van der Waals surface area contributed by atoms with Crippen molar-refractivity contribution >= 4 is 22.8 Å². The molecule has 0 saturated carbocycles. The molecule has 1 aromatic carbocycles. The lowest BCUT2D eigenvalue weighted by Crippen LogP contribution is -2.32. The van der Waals surface area contributed by atoms with Crippen LogP contribution in [0.25, 0.3) is 11.0 Å². The Hall–Kier alpha value is -2.37. The van der Waals surface area contributed by atoms with Gasteiger partial charge in [0.1, 0.15) is 12.4 Å². The molecule has 0 spiro atoms. The molecular formula is C19H26N4O2. The second kappa shape index (κ2) is 8.14. The third-order valence-corrected chi connectivity index (χ3v) is 4.63. The van der Waals surface area contributed by atoms with Crippen LogP contribution in [0, 0.1) is 0 Å². The van der Waals surface area contributed by atoms with Gasteiger partial charge in [0.25, 0.3) is 0 Å². The molecule has 2 heterocycles. The first-order valence-electron chi connectivity index (χ1n) is 9.17. The van der Waals surface area contributed by atoms with Crippen LogP contribution in [0.1, 0.15) is 38.4 Å². The number of hydrogen-bond donors (Lipinski definition) is 1. The zero-order valence-corrected chi connectivity index (χ0v) is 14.8. The zero-order chi connectivity index (χ0) is 17.6. The Labute approximate surface area is 148 Å². The average molecular weight is 342 g/mol. The molecule has 1 saturated heterocycles. The van der Waals surface area contributed by atoms with E-state index >= 15 is 0 Å². The number of nitrogens with one attached hydrogen (secondary N) is 1. The summed E-state index contributed by atoms with van der Waals surface area (Å²) in [6, 6.07) is 7.88. The highest BCUT2D eigenvalue weighted by atomic mass is 16.2.